The molecule has 0 aliphatic carbocycles. The molecule has 0 aliphatic heterocycles. The number of hydrogen-bond acceptors (Lipinski definition) is 1. The molecular formula is C13H19N. The molecule has 1 rings (SSSR count). The van der Waals surface area contributed by atoms with Gasteiger partial charge in [0.2, 0.25) is 0 Å². The van der Waals surface area contributed by atoms with E-state index in [4.69, 9.17) is 5.73 Å². The van der Waals surface area contributed by atoms with Crippen LogP contribution in [0.4, 0.5) is 5.69 Å². The molecule has 0 atom stereocenters. The first-order chi connectivity index (χ1) is 6.53. The Balaban J connectivity index is 3.34. The Labute approximate surface area is 86.6 Å². The van der Waals surface area contributed by atoms with Crippen LogP contribution in [0.15, 0.2) is 24.8 Å². The fourth-order valence-electron chi connectivity index (χ4n) is 1.59. The third-order valence-corrected chi connectivity index (χ3v) is 2.96. The van der Waals surface area contributed by atoms with Gasteiger partial charge in [0, 0.05) is 11.3 Å². The monoisotopic (exact) mass is 189 g/mol. The molecule has 0 radical (unpaired) electrons. The second kappa shape index (κ2) is 3.87. The van der Waals surface area contributed by atoms with Gasteiger partial charge in [0.1, 0.15) is 0 Å². The summed E-state index contributed by atoms with van der Waals surface area (Å²) in [7, 11) is 0. The molecule has 0 unspecified atom stereocenters. The highest BCUT2D eigenvalue weighted by molar-refractivity contribution is 5.67. The minimum Gasteiger partial charge on any atom is -0.398 e. The maximum Gasteiger partial charge on any atom is 0.0390 e. The highest BCUT2D eigenvalue weighted by Gasteiger charge is 2.21. The Morgan fingerprint density at radius 2 is 2.07 bits per heavy atom. The Hall–Kier alpha value is -1.24. The molecule has 0 aliphatic rings. The Morgan fingerprint density at radius 3 is 2.57 bits per heavy atom. The molecule has 1 aromatic carbocycles. The van der Waals surface area contributed by atoms with Crippen molar-refractivity contribution in [1.82, 2.24) is 0 Å². The summed E-state index contributed by atoms with van der Waals surface area (Å²) in [5.74, 6) is 0. The van der Waals surface area contributed by atoms with Crippen LogP contribution in [-0.2, 0) is 5.41 Å². The van der Waals surface area contributed by atoms with Gasteiger partial charge in [-0.15, -0.1) is 0 Å². The Bertz CT molecular complexity index is 337. The third-order valence-electron chi connectivity index (χ3n) is 2.96. The van der Waals surface area contributed by atoms with Crippen LogP contribution >= 0.6 is 0 Å². The van der Waals surface area contributed by atoms with Gasteiger partial charge >= 0.3 is 0 Å². The van der Waals surface area contributed by atoms with Crippen molar-refractivity contribution < 1.29 is 0 Å². The maximum absolute atomic E-state index is 5.91. The van der Waals surface area contributed by atoms with E-state index in [-0.39, 0.29) is 5.41 Å². The first-order valence-electron chi connectivity index (χ1n) is 5.04. The van der Waals surface area contributed by atoms with Crippen molar-refractivity contribution in [2.75, 3.05) is 5.73 Å². The summed E-state index contributed by atoms with van der Waals surface area (Å²) in [5.41, 5.74) is 9.27. The maximum atomic E-state index is 5.91. The SMILES string of the molecule is C=Cc1c(N)cccc1C(C)(C)CC. The smallest absolute Gasteiger partial charge is 0.0390 e. The summed E-state index contributed by atoms with van der Waals surface area (Å²) in [6.07, 6.45) is 2.94. The quantitative estimate of drug-likeness (QED) is 0.722. The zero-order valence-corrected chi connectivity index (χ0v) is 9.30. The lowest BCUT2D eigenvalue weighted by Gasteiger charge is -2.26. The van der Waals surface area contributed by atoms with E-state index in [2.05, 4.69) is 33.4 Å². The van der Waals surface area contributed by atoms with E-state index in [1.54, 1.807) is 0 Å². The van der Waals surface area contributed by atoms with Gasteiger partial charge in [-0.25, -0.2) is 0 Å². The van der Waals surface area contributed by atoms with E-state index in [1.165, 1.54) is 5.56 Å². The normalized spacial score (nSPS) is 11.4. The van der Waals surface area contributed by atoms with Gasteiger partial charge in [-0.2, -0.15) is 0 Å². The number of nitrogens with two attached hydrogens (primary N) is 1. The molecule has 0 aromatic heterocycles. The molecule has 14 heavy (non-hydrogen) atoms. The molecular weight excluding hydrogens is 170 g/mol. The van der Waals surface area contributed by atoms with Crippen molar-refractivity contribution in [2.45, 2.75) is 32.6 Å². The van der Waals surface area contributed by atoms with Crippen LogP contribution in [0.3, 0.4) is 0 Å². The van der Waals surface area contributed by atoms with Crippen LogP contribution < -0.4 is 5.73 Å². The van der Waals surface area contributed by atoms with Crippen molar-refractivity contribution in [3.63, 3.8) is 0 Å². The number of hydrogen-bond donors (Lipinski definition) is 1. The molecule has 0 fully saturated rings. The van der Waals surface area contributed by atoms with E-state index < -0.39 is 0 Å². The second-order valence-corrected chi connectivity index (χ2v) is 4.25. The predicted octanol–water partition coefficient (Wildman–Crippen LogP) is 3.60. The Kier molecular flexibility index (Phi) is 3.00. The number of rotatable bonds is 3. The topological polar surface area (TPSA) is 26.0 Å². The lowest BCUT2D eigenvalue weighted by atomic mass is 9.79. The van der Waals surface area contributed by atoms with Crippen LogP contribution in [0.25, 0.3) is 6.08 Å². The predicted molar refractivity (Wildman–Crippen MR) is 64.3 cm³/mol. The molecule has 0 saturated heterocycles. The van der Waals surface area contributed by atoms with Gasteiger partial charge in [0.25, 0.3) is 0 Å². The summed E-state index contributed by atoms with van der Waals surface area (Å²) in [5, 5.41) is 0. The van der Waals surface area contributed by atoms with Crippen molar-refractivity contribution in [2.24, 2.45) is 0 Å². The molecule has 1 aromatic rings. The van der Waals surface area contributed by atoms with Crippen molar-refractivity contribution in [3.05, 3.63) is 35.9 Å². The minimum atomic E-state index is 0.166. The van der Waals surface area contributed by atoms with Crippen molar-refractivity contribution in [1.29, 1.82) is 0 Å². The van der Waals surface area contributed by atoms with E-state index >= 15 is 0 Å². The zero-order valence-electron chi connectivity index (χ0n) is 9.30. The van der Waals surface area contributed by atoms with Gasteiger partial charge in [-0.3, -0.25) is 0 Å². The Morgan fingerprint density at radius 1 is 1.43 bits per heavy atom. The van der Waals surface area contributed by atoms with Crippen LogP contribution in [0, 0.1) is 0 Å². The zero-order chi connectivity index (χ0) is 10.8. The van der Waals surface area contributed by atoms with Crippen LogP contribution in [0.2, 0.25) is 0 Å². The number of benzene rings is 1. The van der Waals surface area contributed by atoms with Gasteiger partial charge < -0.3 is 5.73 Å². The highest BCUT2D eigenvalue weighted by atomic mass is 14.6. The van der Waals surface area contributed by atoms with Gasteiger partial charge in [-0.1, -0.05) is 45.6 Å². The highest BCUT2D eigenvalue weighted by Crippen LogP contribution is 2.32. The molecule has 0 amide bonds. The van der Waals surface area contributed by atoms with Crippen molar-refractivity contribution >= 4 is 11.8 Å². The minimum absolute atomic E-state index is 0.166. The van der Waals surface area contributed by atoms with Gasteiger partial charge in [-0.05, 0) is 23.5 Å². The third kappa shape index (κ3) is 1.82. The van der Waals surface area contributed by atoms with E-state index in [9.17, 15) is 0 Å². The van der Waals surface area contributed by atoms with Gasteiger partial charge in [0.15, 0.2) is 0 Å². The second-order valence-electron chi connectivity index (χ2n) is 4.25. The molecule has 76 valence electrons. The average Bonchev–Trinajstić information content (AvgIpc) is 2.17. The fourth-order valence-corrected chi connectivity index (χ4v) is 1.59. The number of nitrogen functional groups attached to an aromatic ring is 1. The lowest BCUT2D eigenvalue weighted by Crippen LogP contribution is -2.17. The standard InChI is InChI=1S/C13H19N/c1-5-10-11(13(3,4)6-2)8-7-9-12(10)14/h5,7-9H,1,6,14H2,2-4H3. The van der Waals surface area contributed by atoms with Crippen LogP contribution in [0.5, 0.6) is 0 Å². The molecule has 0 spiro atoms. The summed E-state index contributed by atoms with van der Waals surface area (Å²) < 4.78 is 0. The van der Waals surface area contributed by atoms with Crippen molar-refractivity contribution in [3.8, 4) is 0 Å². The van der Waals surface area contributed by atoms with E-state index in [1.807, 2.05) is 18.2 Å². The largest absolute Gasteiger partial charge is 0.398 e. The molecule has 0 heterocycles. The first-order valence-corrected chi connectivity index (χ1v) is 5.04. The fraction of sp³-hybridized carbons (Fsp3) is 0.385. The van der Waals surface area contributed by atoms with E-state index in [0.717, 1.165) is 17.7 Å². The summed E-state index contributed by atoms with van der Waals surface area (Å²) in [6, 6.07) is 6.07. The molecule has 1 heteroatoms. The molecule has 1 nitrogen and oxygen atoms in total. The molecule has 0 saturated carbocycles. The number of anilines is 1. The average molecular weight is 189 g/mol. The van der Waals surface area contributed by atoms with Crippen LogP contribution in [-0.4, -0.2) is 0 Å². The summed E-state index contributed by atoms with van der Waals surface area (Å²) in [6.45, 7) is 10.5. The molecule has 2 N–H and O–H groups in total. The lowest BCUT2D eigenvalue weighted by molar-refractivity contribution is 0.505. The van der Waals surface area contributed by atoms with E-state index in [0.29, 0.717) is 0 Å². The van der Waals surface area contributed by atoms with Crippen LogP contribution in [0.1, 0.15) is 38.3 Å². The van der Waals surface area contributed by atoms with Gasteiger partial charge in [0.05, 0.1) is 0 Å². The molecule has 0 bridgehead atoms. The first kappa shape index (κ1) is 10.8. The summed E-state index contributed by atoms with van der Waals surface area (Å²) in [4.78, 5) is 0. The summed E-state index contributed by atoms with van der Waals surface area (Å²) >= 11 is 0.